The van der Waals surface area contributed by atoms with Gasteiger partial charge in [0.25, 0.3) is 0 Å². The van der Waals surface area contributed by atoms with E-state index in [1.165, 1.54) is 0 Å². The molecule has 0 bridgehead atoms. The van der Waals surface area contributed by atoms with Crippen molar-refractivity contribution in [1.29, 1.82) is 0 Å². The summed E-state index contributed by atoms with van der Waals surface area (Å²) in [6.07, 6.45) is 2.93. The lowest BCUT2D eigenvalue weighted by molar-refractivity contribution is -0.0309. The van der Waals surface area contributed by atoms with Crippen LogP contribution in [0.5, 0.6) is 0 Å². The highest BCUT2D eigenvalue weighted by Gasteiger charge is 2.18. The van der Waals surface area contributed by atoms with Crippen LogP contribution >= 0.6 is 0 Å². The van der Waals surface area contributed by atoms with E-state index >= 15 is 0 Å². The lowest BCUT2D eigenvalue weighted by Gasteiger charge is -2.25. The molecular weight excluding hydrogens is 272 g/mol. The van der Waals surface area contributed by atoms with Crippen molar-refractivity contribution in [2.24, 2.45) is 0 Å². The summed E-state index contributed by atoms with van der Waals surface area (Å²) in [6.45, 7) is 9.43. The van der Waals surface area contributed by atoms with Gasteiger partial charge in [-0.1, -0.05) is 31.0 Å². The maximum absolute atomic E-state index is 12.0. The van der Waals surface area contributed by atoms with Crippen molar-refractivity contribution in [3.05, 3.63) is 29.8 Å². The third-order valence-corrected chi connectivity index (χ3v) is 4.14. The Kier molecular flexibility index (Phi) is 7.41. The highest BCUT2D eigenvalue weighted by atomic mass is 32.2. The van der Waals surface area contributed by atoms with Crippen molar-refractivity contribution in [3.63, 3.8) is 0 Å². The molecule has 0 fully saturated rings. The number of hydrogen-bond donors (Lipinski definition) is 0. The van der Waals surface area contributed by atoms with Crippen LogP contribution in [0.1, 0.15) is 45.6 Å². The lowest BCUT2D eigenvalue weighted by Crippen LogP contribution is -2.27. The van der Waals surface area contributed by atoms with Gasteiger partial charge in [0.05, 0.1) is 17.1 Å². The summed E-state index contributed by atoms with van der Waals surface area (Å²) in [5.74, 6) is 0. The summed E-state index contributed by atoms with van der Waals surface area (Å²) in [7, 11) is 0. The molecule has 114 valence electrons. The molecule has 1 aromatic rings. The number of aryl methyl sites for hydroxylation is 1. The molecule has 1 rings (SSSR count). The Labute approximate surface area is 125 Å². The van der Waals surface area contributed by atoms with Crippen LogP contribution in [0.25, 0.3) is 0 Å². The minimum Gasteiger partial charge on any atom is -0.375 e. The Morgan fingerprint density at radius 1 is 1.15 bits per heavy atom. The van der Waals surface area contributed by atoms with E-state index in [1.807, 2.05) is 45.0 Å². The molecule has 0 aliphatic rings. The van der Waals surface area contributed by atoms with Crippen molar-refractivity contribution >= 4 is 11.1 Å². The molecule has 20 heavy (non-hydrogen) atoms. The number of ether oxygens (including phenoxy) is 1. The quantitative estimate of drug-likeness (QED) is 0.646. The Morgan fingerprint density at radius 2 is 1.80 bits per heavy atom. The Balaban J connectivity index is 2.32. The van der Waals surface area contributed by atoms with Gasteiger partial charge in [0.2, 0.25) is 0 Å². The number of hydrogen-bond acceptors (Lipinski definition) is 3. The molecule has 0 amide bonds. The van der Waals surface area contributed by atoms with Crippen LogP contribution in [0.3, 0.4) is 0 Å². The first-order valence-corrected chi connectivity index (χ1v) is 8.28. The molecule has 0 N–H and O–H groups in total. The van der Waals surface area contributed by atoms with Gasteiger partial charge < -0.3 is 4.74 Å². The average molecular weight is 298 g/mol. The molecule has 0 aliphatic carbocycles. The Bertz CT molecular complexity index is 412. The SMILES string of the molecule is CCCCOC(C)(C)CCOS(=O)c1ccc(C)cc1. The van der Waals surface area contributed by atoms with Crippen molar-refractivity contribution in [1.82, 2.24) is 0 Å². The topological polar surface area (TPSA) is 35.5 Å². The summed E-state index contributed by atoms with van der Waals surface area (Å²) in [4.78, 5) is 0.709. The first-order valence-electron chi connectivity index (χ1n) is 7.20. The predicted molar refractivity (Wildman–Crippen MR) is 83.1 cm³/mol. The fraction of sp³-hybridized carbons (Fsp3) is 0.625. The van der Waals surface area contributed by atoms with E-state index in [9.17, 15) is 4.21 Å². The van der Waals surface area contributed by atoms with Crippen LogP contribution in [0.15, 0.2) is 29.2 Å². The first kappa shape index (κ1) is 17.3. The van der Waals surface area contributed by atoms with Crippen molar-refractivity contribution in [2.75, 3.05) is 13.2 Å². The maximum atomic E-state index is 12.0. The largest absolute Gasteiger partial charge is 0.375 e. The molecule has 1 atom stereocenters. The zero-order valence-electron chi connectivity index (χ0n) is 13.0. The first-order chi connectivity index (χ1) is 9.44. The van der Waals surface area contributed by atoms with Crippen molar-refractivity contribution in [2.45, 2.75) is 57.5 Å². The fourth-order valence-corrected chi connectivity index (χ4v) is 2.37. The van der Waals surface area contributed by atoms with Crippen LogP contribution in [0.4, 0.5) is 0 Å². The Hall–Kier alpha value is -0.710. The van der Waals surface area contributed by atoms with E-state index in [1.54, 1.807) is 0 Å². The van der Waals surface area contributed by atoms with Crippen LogP contribution < -0.4 is 0 Å². The van der Waals surface area contributed by atoms with Gasteiger partial charge in [-0.2, -0.15) is 0 Å². The van der Waals surface area contributed by atoms with E-state index < -0.39 is 11.1 Å². The molecule has 1 aromatic carbocycles. The summed E-state index contributed by atoms with van der Waals surface area (Å²) in [6, 6.07) is 7.56. The lowest BCUT2D eigenvalue weighted by atomic mass is 10.1. The van der Waals surface area contributed by atoms with Gasteiger partial charge in [-0.25, -0.2) is 4.21 Å². The highest BCUT2D eigenvalue weighted by Crippen LogP contribution is 2.17. The average Bonchev–Trinajstić information content (AvgIpc) is 2.39. The third kappa shape index (κ3) is 6.64. The fourth-order valence-electron chi connectivity index (χ4n) is 1.65. The standard InChI is InChI=1S/C16H26O3S/c1-5-6-12-18-16(3,4)11-13-19-20(17)15-9-7-14(2)8-10-15/h7-10H,5-6,11-13H2,1-4H3. The monoisotopic (exact) mass is 298 g/mol. The normalized spacial score (nSPS) is 13.4. The molecule has 3 nitrogen and oxygen atoms in total. The molecule has 0 radical (unpaired) electrons. The highest BCUT2D eigenvalue weighted by molar-refractivity contribution is 7.80. The van der Waals surface area contributed by atoms with Crippen LogP contribution in [-0.2, 0) is 20.0 Å². The minimum atomic E-state index is -1.39. The van der Waals surface area contributed by atoms with Crippen LogP contribution in [0, 0.1) is 6.92 Å². The molecule has 0 heterocycles. The second-order valence-corrected chi connectivity index (χ2v) is 6.76. The molecule has 4 heteroatoms. The van der Waals surface area contributed by atoms with E-state index in [0.29, 0.717) is 11.5 Å². The van der Waals surface area contributed by atoms with E-state index in [2.05, 4.69) is 6.92 Å². The minimum absolute atomic E-state index is 0.230. The van der Waals surface area contributed by atoms with Gasteiger partial charge in [0, 0.05) is 13.0 Å². The van der Waals surface area contributed by atoms with E-state index in [-0.39, 0.29) is 5.60 Å². The van der Waals surface area contributed by atoms with Gasteiger partial charge in [0.15, 0.2) is 11.1 Å². The van der Waals surface area contributed by atoms with Gasteiger partial charge in [-0.15, -0.1) is 0 Å². The molecular formula is C16H26O3S. The molecule has 1 unspecified atom stereocenters. The van der Waals surface area contributed by atoms with Crippen LogP contribution in [0.2, 0.25) is 0 Å². The maximum Gasteiger partial charge on any atom is 0.189 e. The van der Waals surface area contributed by atoms with Gasteiger partial charge in [0.1, 0.15) is 0 Å². The van der Waals surface area contributed by atoms with E-state index in [4.69, 9.17) is 8.92 Å². The van der Waals surface area contributed by atoms with Gasteiger partial charge in [-0.05, 0) is 39.3 Å². The molecule has 0 aliphatic heterocycles. The van der Waals surface area contributed by atoms with Crippen molar-refractivity contribution in [3.8, 4) is 0 Å². The second-order valence-electron chi connectivity index (χ2n) is 5.58. The smallest absolute Gasteiger partial charge is 0.189 e. The second kappa shape index (κ2) is 8.55. The van der Waals surface area contributed by atoms with Crippen LogP contribution in [-0.4, -0.2) is 23.0 Å². The van der Waals surface area contributed by atoms with Crippen molar-refractivity contribution < 1.29 is 13.1 Å². The number of unbranched alkanes of at least 4 members (excludes halogenated alkanes) is 1. The molecule has 0 spiro atoms. The summed E-state index contributed by atoms with van der Waals surface area (Å²) in [5, 5.41) is 0. The predicted octanol–water partition coefficient (Wildman–Crippen LogP) is 4.02. The Morgan fingerprint density at radius 3 is 2.40 bits per heavy atom. The van der Waals surface area contributed by atoms with Gasteiger partial charge >= 0.3 is 0 Å². The summed E-state index contributed by atoms with van der Waals surface area (Å²) < 4.78 is 23.1. The third-order valence-electron chi connectivity index (χ3n) is 3.10. The zero-order chi connectivity index (χ0) is 15.0. The zero-order valence-corrected chi connectivity index (χ0v) is 13.8. The summed E-state index contributed by atoms with van der Waals surface area (Å²) in [5.41, 5.74) is 0.920. The number of rotatable bonds is 9. The molecule has 0 aromatic heterocycles. The van der Waals surface area contributed by atoms with E-state index in [0.717, 1.165) is 31.4 Å². The molecule has 0 saturated carbocycles. The van der Waals surface area contributed by atoms with Gasteiger partial charge in [-0.3, -0.25) is 4.18 Å². The number of benzene rings is 1. The summed E-state index contributed by atoms with van der Waals surface area (Å²) >= 11 is -1.39. The molecule has 0 saturated heterocycles.